The lowest BCUT2D eigenvalue weighted by atomic mass is 9.85. The van der Waals surface area contributed by atoms with Gasteiger partial charge in [-0.25, -0.2) is 0 Å². The van der Waals surface area contributed by atoms with E-state index >= 15 is 0 Å². The Morgan fingerprint density at radius 3 is 2.06 bits per heavy atom. The van der Waals surface area contributed by atoms with E-state index in [1.807, 2.05) is 0 Å². The standard InChI is InChI=1S/C15H34N2O/c1-7-13(8-2)17(11-12-18-6)10-9-14(16)15(3,4)5/h13-14H,7-12,16H2,1-6H3. The first kappa shape index (κ1) is 17.9. The maximum atomic E-state index is 6.25. The zero-order valence-corrected chi connectivity index (χ0v) is 13.3. The molecule has 1 unspecified atom stereocenters. The average molecular weight is 258 g/mol. The summed E-state index contributed by atoms with van der Waals surface area (Å²) in [6, 6.07) is 0.921. The number of rotatable bonds is 9. The molecule has 3 heteroatoms. The second kappa shape index (κ2) is 8.89. The second-order valence-electron chi connectivity index (χ2n) is 6.26. The Kier molecular flexibility index (Phi) is 8.83. The van der Waals surface area contributed by atoms with E-state index in [0.29, 0.717) is 6.04 Å². The fraction of sp³-hybridized carbons (Fsp3) is 1.00. The molecule has 0 amide bonds. The van der Waals surface area contributed by atoms with Crippen LogP contribution in [0.25, 0.3) is 0 Å². The van der Waals surface area contributed by atoms with E-state index in [4.69, 9.17) is 10.5 Å². The summed E-state index contributed by atoms with van der Waals surface area (Å²) in [6.07, 6.45) is 3.46. The van der Waals surface area contributed by atoms with E-state index in [9.17, 15) is 0 Å². The van der Waals surface area contributed by atoms with Gasteiger partial charge in [0.25, 0.3) is 0 Å². The van der Waals surface area contributed by atoms with Gasteiger partial charge in [-0.15, -0.1) is 0 Å². The molecule has 0 bridgehead atoms. The third-order valence-electron chi connectivity index (χ3n) is 3.88. The molecule has 2 N–H and O–H groups in total. The first-order valence-electron chi connectivity index (χ1n) is 7.35. The SMILES string of the molecule is CCC(CC)N(CCOC)CCC(N)C(C)(C)C. The fourth-order valence-electron chi connectivity index (χ4n) is 2.23. The number of nitrogens with two attached hydrogens (primary N) is 1. The molecule has 0 rings (SSSR count). The molecule has 0 aromatic rings. The van der Waals surface area contributed by atoms with Gasteiger partial charge in [0.1, 0.15) is 0 Å². The molecule has 0 saturated carbocycles. The van der Waals surface area contributed by atoms with Crippen molar-refractivity contribution >= 4 is 0 Å². The number of hydrogen-bond acceptors (Lipinski definition) is 3. The maximum absolute atomic E-state index is 6.25. The van der Waals surface area contributed by atoms with Crippen molar-refractivity contribution in [2.24, 2.45) is 11.1 Å². The van der Waals surface area contributed by atoms with Crippen molar-refractivity contribution in [2.45, 2.75) is 66.0 Å². The van der Waals surface area contributed by atoms with Crippen LogP contribution in [-0.4, -0.2) is 43.8 Å². The van der Waals surface area contributed by atoms with Crippen molar-refractivity contribution < 1.29 is 4.74 Å². The van der Waals surface area contributed by atoms with Gasteiger partial charge >= 0.3 is 0 Å². The Hall–Kier alpha value is -0.120. The largest absolute Gasteiger partial charge is 0.383 e. The minimum absolute atomic E-state index is 0.195. The Morgan fingerprint density at radius 2 is 1.67 bits per heavy atom. The zero-order chi connectivity index (χ0) is 14.2. The zero-order valence-electron chi connectivity index (χ0n) is 13.3. The molecular weight excluding hydrogens is 224 g/mol. The highest BCUT2D eigenvalue weighted by Gasteiger charge is 2.22. The molecule has 0 saturated heterocycles. The monoisotopic (exact) mass is 258 g/mol. The van der Waals surface area contributed by atoms with Crippen LogP contribution in [0.5, 0.6) is 0 Å². The molecule has 110 valence electrons. The van der Waals surface area contributed by atoms with Gasteiger partial charge in [-0.05, 0) is 24.7 Å². The third kappa shape index (κ3) is 6.72. The van der Waals surface area contributed by atoms with Crippen LogP contribution in [0.1, 0.15) is 53.9 Å². The summed E-state index contributed by atoms with van der Waals surface area (Å²) in [6.45, 7) is 14.1. The summed E-state index contributed by atoms with van der Waals surface area (Å²) in [5.74, 6) is 0. The molecule has 0 heterocycles. The van der Waals surface area contributed by atoms with Crippen molar-refractivity contribution in [3.05, 3.63) is 0 Å². The molecule has 3 nitrogen and oxygen atoms in total. The molecule has 0 aliphatic rings. The van der Waals surface area contributed by atoms with Gasteiger partial charge < -0.3 is 10.5 Å². The van der Waals surface area contributed by atoms with E-state index in [0.717, 1.165) is 26.1 Å². The Bertz CT molecular complexity index is 197. The highest BCUT2D eigenvalue weighted by Crippen LogP contribution is 2.20. The average Bonchev–Trinajstić information content (AvgIpc) is 2.31. The van der Waals surface area contributed by atoms with Crippen molar-refractivity contribution in [1.82, 2.24) is 4.90 Å². The smallest absolute Gasteiger partial charge is 0.0589 e. The van der Waals surface area contributed by atoms with Crippen molar-refractivity contribution in [2.75, 3.05) is 26.8 Å². The fourth-order valence-corrected chi connectivity index (χ4v) is 2.23. The number of hydrogen-bond donors (Lipinski definition) is 1. The van der Waals surface area contributed by atoms with E-state index in [1.54, 1.807) is 7.11 Å². The van der Waals surface area contributed by atoms with Crippen LogP contribution in [0.2, 0.25) is 0 Å². The Labute approximate surface area is 114 Å². The van der Waals surface area contributed by atoms with Crippen LogP contribution in [0.3, 0.4) is 0 Å². The Balaban J connectivity index is 4.31. The molecule has 0 aromatic carbocycles. The molecule has 0 aliphatic carbocycles. The third-order valence-corrected chi connectivity index (χ3v) is 3.88. The lowest BCUT2D eigenvalue weighted by molar-refractivity contribution is 0.108. The molecule has 1 atom stereocenters. The van der Waals surface area contributed by atoms with Crippen LogP contribution in [0.15, 0.2) is 0 Å². The number of nitrogens with zero attached hydrogens (tertiary/aromatic N) is 1. The van der Waals surface area contributed by atoms with Gasteiger partial charge in [-0.3, -0.25) is 4.90 Å². The molecule has 18 heavy (non-hydrogen) atoms. The van der Waals surface area contributed by atoms with Crippen molar-refractivity contribution in [1.29, 1.82) is 0 Å². The van der Waals surface area contributed by atoms with E-state index in [1.165, 1.54) is 12.8 Å². The first-order valence-corrected chi connectivity index (χ1v) is 7.35. The van der Waals surface area contributed by atoms with Crippen LogP contribution in [-0.2, 0) is 4.74 Å². The normalized spacial score (nSPS) is 14.5. The van der Waals surface area contributed by atoms with Crippen molar-refractivity contribution in [3.63, 3.8) is 0 Å². The van der Waals surface area contributed by atoms with Gasteiger partial charge in [-0.1, -0.05) is 34.6 Å². The van der Waals surface area contributed by atoms with Crippen LogP contribution in [0.4, 0.5) is 0 Å². The minimum Gasteiger partial charge on any atom is -0.383 e. The molecular formula is C15H34N2O. The lowest BCUT2D eigenvalue weighted by Crippen LogP contribution is -2.43. The van der Waals surface area contributed by atoms with Crippen molar-refractivity contribution in [3.8, 4) is 0 Å². The predicted molar refractivity (Wildman–Crippen MR) is 79.9 cm³/mol. The van der Waals surface area contributed by atoms with E-state index in [-0.39, 0.29) is 11.5 Å². The lowest BCUT2D eigenvalue weighted by Gasteiger charge is -2.34. The predicted octanol–water partition coefficient (Wildman–Crippen LogP) is 2.89. The van der Waals surface area contributed by atoms with Crippen LogP contribution in [0, 0.1) is 5.41 Å². The highest BCUT2D eigenvalue weighted by atomic mass is 16.5. The Morgan fingerprint density at radius 1 is 1.11 bits per heavy atom. The van der Waals surface area contributed by atoms with Crippen LogP contribution < -0.4 is 5.73 Å². The highest BCUT2D eigenvalue weighted by molar-refractivity contribution is 4.79. The van der Waals surface area contributed by atoms with Gasteiger partial charge in [0, 0.05) is 32.3 Å². The first-order chi connectivity index (χ1) is 8.36. The molecule has 0 radical (unpaired) electrons. The number of methoxy groups -OCH3 is 1. The molecule has 0 aromatic heterocycles. The summed E-state index contributed by atoms with van der Waals surface area (Å²) in [4.78, 5) is 2.54. The molecule has 0 spiro atoms. The van der Waals surface area contributed by atoms with E-state index < -0.39 is 0 Å². The summed E-state index contributed by atoms with van der Waals surface area (Å²) < 4.78 is 5.21. The molecule has 0 fully saturated rings. The topological polar surface area (TPSA) is 38.5 Å². The second-order valence-corrected chi connectivity index (χ2v) is 6.26. The summed E-state index contributed by atoms with van der Waals surface area (Å²) >= 11 is 0. The summed E-state index contributed by atoms with van der Waals surface area (Å²) in [5, 5.41) is 0. The minimum atomic E-state index is 0.195. The van der Waals surface area contributed by atoms with Crippen LogP contribution >= 0.6 is 0 Å². The van der Waals surface area contributed by atoms with Gasteiger partial charge in [0.05, 0.1) is 6.61 Å². The summed E-state index contributed by atoms with van der Waals surface area (Å²) in [7, 11) is 1.77. The van der Waals surface area contributed by atoms with E-state index in [2.05, 4.69) is 39.5 Å². The van der Waals surface area contributed by atoms with Gasteiger partial charge in [-0.2, -0.15) is 0 Å². The quantitative estimate of drug-likeness (QED) is 0.691. The summed E-state index contributed by atoms with van der Waals surface area (Å²) in [5.41, 5.74) is 6.45. The maximum Gasteiger partial charge on any atom is 0.0589 e. The molecule has 0 aliphatic heterocycles. The van der Waals surface area contributed by atoms with Gasteiger partial charge in [0.15, 0.2) is 0 Å². The number of ether oxygens (including phenoxy) is 1. The van der Waals surface area contributed by atoms with Gasteiger partial charge in [0.2, 0.25) is 0 Å².